The number of unbranched alkanes of at least 4 members (excludes halogenated alkanes) is 7. The Kier molecular flexibility index (Phi) is 14.9. The van der Waals surface area contributed by atoms with Gasteiger partial charge in [0.25, 0.3) is 0 Å². The van der Waals surface area contributed by atoms with Gasteiger partial charge in [-0.05, 0) is 32.1 Å². The van der Waals surface area contributed by atoms with Gasteiger partial charge in [0.05, 0.1) is 12.7 Å². The molecule has 0 fully saturated rings. The van der Waals surface area contributed by atoms with Crippen LogP contribution in [0.1, 0.15) is 84.0 Å². The molecule has 0 aliphatic rings. The van der Waals surface area contributed by atoms with Crippen molar-refractivity contribution in [2.45, 2.75) is 102 Å². The third kappa shape index (κ3) is 10.9. The second kappa shape index (κ2) is 15.6. The molecule has 0 aliphatic carbocycles. The number of rotatable bonds is 18. The number of Topliss-reactive ketones (excluding diaryl/α,β-unsaturated/α-hetero) is 1. The van der Waals surface area contributed by atoms with Crippen LogP contribution in [0.15, 0.2) is 12.2 Å². The minimum Gasteiger partial charge on any atom is -0.480 e. The molecule has 3 atom stereocenters. The highest BCUT2D eigenvalue weighted by molar-refractivity contribution is 5.79. The molecule has 0 saturated heterocycles. The molecule has 0 saturated carbocycles. The van der Waals surface area contributed by atoms with Crippen LogP contribution in [0.5, 0.6) is 0 Å². The van der Waals surface area contributed by atoms with E-state index < -0.39 is 30.3 Å². The lowest BCUT2D eigenvalue weighted by Crippen LogP contribution is -2.63. The van der Waals surface area contributed by atoms with E-state index >= 15 is 0 Å². The second-order valence-electron chi connectivity index (χ2n) is 7.53. The minimum absolute atomic E-state index is 0.0555. The van der Waals surface area contributed by atoms with Gasteiger partial charge in [-0.1, -0.05) is 51.2 Å². The van der Waals surface area contributed by atoms with Gasteiger partial charge in [-0.3, -0.25) is 9.59 Å². The van der Waals surface area contributed by atoms with E-state index in [4.69, 9.17) is 15.9 Å². The molecule has 7 nitrogen and oxygen atoms in total. The van der Waals surface area contributed by atoms with E-state index in [0.29, 0.717) is 18.6 Å². The number of hydrogen-bond donors (Lipinski definition) is 5. The first kappa shape index (κ1) is 26.7. The molecule has 6 N–H and O–H groups in total. The summed E-state index contributed by atoms with van der Waals surface area (Å²) in [5.41, 5.74) is 3.16. The number of aliphatic hydroxyl groups is 3. The zero-order valence-electron chi connectivity index (χ0n) is 17.2. The molecule has 0 aromatic rings. The maximum absolute atomic E-state index is 11.7. The molecule has 0 heterocycles. The average molecular weight is 402 g/mol. The summed E-state index contributed by atoms with van der Waals surface area (Å²) in [6.07, 6.45) is 11.1. The van der Waals surface area contributed by atoms with Crippen molar-refractivity contribution in [2.24, 2.45) is 5.73 Å². The van der Waals surface area contributed by atoms with E-state index in [1.165, 1.54) is 12.8 Å². The van der Waals surface area contributed by atoms with Crippen molar-refractivity contribution in [1.82, 2.24) is 0 Å². The minimum atomic E-state index is -2.28. The third-order valence-corrected chi connectivity index (χ3v) is 4.98. The Hall–Kier alpha value is -1.28. The van der Waals surface area contributed by atoms with E-state index in [9.17, 15) is 19.8 Å². The smallest absolute Gasteiger partial charge is 0.328 e. The summed E-state index contributed by atoms with van der Waals surface area (Å²) in [7, 11) is 0. The number of hydrogen-bond acceptors (Lipinski definition) is 6. The van der Waals surface area contributed by atoms with Gasteiger partial charge in [0.1, 0.15) is 11.9 Å². The molecule has 0 aromatic carbocycles. The topological polar surface area (TPSA) is 141 Å². The highest BCUT2D eigenvalue weighted by Gasteiger charge is 2.44. The monoisotopic (exact) mass is 401 g/mol. The van der Waals surface area contributed by atoms with Gasteiger partial charge in [0.2, 0.25) is 0 Å². The lowest BCUT2D eigenvalue weighted by Gasteiger charge is -2.30. The summed E-state index contributed by atoms with van der Waals surface area (Å²) in [4.78, 5) is 22.7. The van der Waals surface area contributed by atoms with Gasteiger partial charge in [0.15, 0.2) is 5.54 Å². The van der Waals surface area contributed by atoms with Crippen LogP contribution in [0.3, 0.4) is 0 Å². The summed E-state index contributed by atoms with van der Waals surface area (Å²) in [5.74, 6) is -1.20. The highest BCUT2D eigenvalue weighted by Crippen LogP contribution is 2.15. The van der Waals surface area contributed by atoms with Crippen LogP contribution in [-0.4, -0.2) is 56.5 Å². The highest BCUT2D eigenvalue weighted by atomic mass is 16.4. The van der Waals surface area contributed by atoms with Gasteiger partial charge in [-0.2, -0.15) is 0 Å². The van der Waals surface area contributed by atoms with Gasteiger partial charge in [0, 0.05) is 12.8 Å². The van der Waals surface area contributed by atoms with Crippen LogP contribution in [-0.2, 0) is 9.59 Å². The number of carboxylic acid groups (broad SMARTS) is 1. The van der Waals surface area contributed by atoms with E-state index in [-0.39, 0.29) is 6.42 Å². The molecule has 0 amide bonds. The number of carbonyl (C=O) groups excluding carboxylic acids is 1. The Morgan fingerprint density at radius 2 is 1.54 bits per heavy atom. The number of aliphatic hydroxyl groups excluding tert-OH is 3. The third-order valence-electron chi connectivity index (χ3n) is 4.98. The van der Waals surface area contributed by atoms with Crippen molar-refractivity contribution in [2.75, 3.05) is 6.61 Å². The Balaban J connectivity index is 3.80. The summed E-state index contributed by atoms with van der Waals surface area (Å²) in [6.45, 7) is 1.19. The maximum Gasteiger partial charge on any atom is 0.328 e. The fourth-order valence-electron chi connectivity index (χ4n) is 2.93. The number of carbonyl (C=O) groups is 2. The van der Waals surface area contributed by atoms with Gasteiger partial charge < -0.3 is 26.2 Å². The average Bonchev–Trinajstić information content (AvgIpc) is 2.68. The standard InChI is InChI=1S/C21H39NO6/c1-2-3-4-10-13-17(24)14-11-8-6-5-7-9-12-15-18(25)19(26)21(22,16-23)20(27)28/h9,12,18-19,23,25-26H,2-8,10-11,13-16,22H2,1H3,(H,27,28)/t18-,19+,21?/m0/s1. The number of carboxylic acids is 1. The van der Waals surface area contributed by atoms with Crippen molar-refractivity contribution in [3.8, 4) is 0 Å². The predicted molar refractivity (Wildman–Crippen MR) is 109 cm³/mol. The Morgan fingerprint density at radius 1 is 0.964 bits per heavy atom. The second-order valence-corrected chi connectivity index (χ2v) is 7.53. The fraction of sp³-hybridized carbons (Fsp3) is 0.810. The molecule has 0 aromatic heterocycles. The lowest BCUT2D eigenvalue weighted by atomic mass is 9.89. The lowest BCUT2D eigenvalue weighted by molar-refractivity contribution is -0.155. The van der Waals surface area contributed by atoms with Crippen LogP contribution in [0.4, 0.5) is 0 Å². The van der Waals surface area contributed by atoms with E-state index in [1.807, 2.05) is 6.08 Å². The SMILES string of the molecule is CCCCCCC(=O)CCCCCCC=CC[C@H](O)[C@@H](O)C(N)(CO)C(=O)O. The van der Waals surface area contributed by atoms with Crippen molar-refractivity contribution in [3.05, 3.63) is 12.2 Å². The molecule has 0 aliphatic heterocycles. The zero-order chi connectivity index (χ0) is 21.4. The molecule has 0 spiro atoms. The van der Waals surface area contributed by atoms with Crippen LogP contribution in [0.25, 0.3) is 0 Å². The molecule has 28 heavy (non-hydrogen) atoms. The van der Waals surface area contributed by atoms with Crippen molar-refractivity contribution >= 4 is 11.8 Å². The molecule has 0 rings (SSSR count). The Bertz CT molecular complexity index is 468. The first-order valence-corrected chi connectivity index (χ1v) is 10.5. The molecule has 0 radical (unpaired) electrons. The molecular formula is C21H39NO6. The Morgan fingerprint density at radius 3 is 2.07 bits per heavy atom. The summed E-state index contributed by atoms with van der Waals surface area (Å²) in [6, 6.07) is 0. The molecule has 0 bridgehead atoms. The molecular weight excluding hydrogens is 362 g/mol. The summed E-state index contributed by atoms with van der Waals surface area (Å²) >= 11 is 0. The molecule has 164 valence electrons. The quantitative estimate of drug-likeness (QED) is 0.175. The van der Waals surface area contributed by atoms with Crippen LogP contribution < -0.4 is 5.73 Å². The zero-order valence-corrected chi connectivity index (χ0v) is 17.2. The summed E-state index contributed by atoms with van der Waals surface area (Å²) < 4.78 is 0. The molecule has 7 heteroatoms. The van der Waals surface area contributed by atoms with E-state index in [2.05, 4.69) is 6.92 Å². The number of ketones is 1. The van der Waals surface area contributed by atoms with Crippen molar-refractivity contribution in [1.29, 1.82) is 0 Å². The predicted octanol–water partition coefficient (Wildman–Crippen LogP) is 2.31. The number of nitrogens with two attached hydrogens (primary N) is 1. The van der Waals surface area contributed by atoms with E-state index in [1.54, 1.807) is 6.08 Å². The largest absolute Gasteiger partial charge is 0.480 e. The normalized spacial score (nSPS) is 16.0. The maximum atomic E-state index is 11.7. The first-order valence-electron chi connectivity index (χ1n) is 10.5. The van der Waals surface area contributed by atoms with Crippen molar-refractivity contribution < 1.29 is 30.0 Å². The van der Waals surface area contributed by atoms with Crippen LogP contribution in [0.2, 0.25) is 0 Å². The summed E-state index contributed by atoms with van der Waals surface area (Å²) in [5, 5.41) is 37.8. The van der Waals surface area contributed by atoms with Gasteiger partial charge in [-0.25, -0.2) is 0 Å². The van der Waals surface area contributed by atoms with Gasteiger partial charge >= 0.3 is 5.97 Å². The van der Waals surface area contributed by atoms with Crippen LogP contribution in [0, 0.1) is 0 Å². The number of aliphatic carboxylic acids is 1. The van der Waals surface area contributed by atoms with Gasteiger partial charge in [-0.15, -0.1) is 0 Å². The number of allylic oxidation sites excluding steroid dienone is 1. The first-order chi connectivity index (χ1) is 13.3. The van der Waals surface area contributed by atoms with E-state index in [0.717, 1.165) is 44.9 Å². The Labute approximate surface area is 168 Å². The van der Waals surface area contributed by atoms with Crippen LogP contribution >= 0.6 is 0 Å². The molecule has 1 unspecified atom stereocenters. The van der Waals surface area contributed by atoms with Crippen molar-refractivity contribution in [3.63, 3.8) is 0 Å². The fourth-order valence-corrected chi connectivity index (χ4v) is 2.93.